The van der Waals surface area contributed by atoms with Crippen LogP contribution in [-0.2, 0) is 5.54 Å². The summed E-state index contributed by atoms with van der Waals surface area (Å²) < 4.78 is 48.5. The van der Waals surface area contributed by atoms with E-state index in [1.54, 1.807) is 18.3 Å². The molecule has 0 bridgehead atoms. The smallest absolute Gasteiger partial charge is 0.413 e. The van der Waals surface area contributed by atoms with E-state index in [2.05, 4.69) is 63.8 Å². The first-order valence-corrected chi connectivity index (χ1v) is 14.6. The van der Waals surface area contributed by atoms with Gasteiger partial charge in [-0.1, -0.05) is 44.2 Å². The molecule has 1 aliphatic rings. The van der Waals surface area contributed by atoms with Crippen LogP contribution in [0.2, 0.25) is 0 Å². The Hall–Kier alpha value is -5.43. The van der Waals surface area contributed by atoms with Crippen LogP contribution in [0.5, 0.6) is 0 Å². The zero-order valence-electron chi connectivity index (χ0n) is 25.6. The number of nitrogens with one attached hydrogen (secondary N) is 2. The van der Waals surface area contributed by atoms with Gasteiger partial charge in [-0.15, -0.1) is 5.10 Å². The number of oxazole rings is 1. The van der Waals surface area contributed by atoms with Crippen molar-refractivity contribution in [3.05, 3.63) is 83.3 Å². The monoisotopic (exact) mass is 625 g/mol. The fraction of sp³-hybridized carbons (Fsp3) is 0.333. The molecule has 0 radical (unpaired) electrons. The first-order chi connectivity index (χ1) is 21.8. The van der Waals surface area contributed by atoms with Crippen molar-refractivity contribution in [1.82, 2.24) is 25.0 Å². The van der Waals surface area contributed by atoms with E-state index in [0.29, 0.717) is 45.7 Å². The van der Waals surface area contributed by atoms with Crippen LogP contribution in [0.25, 0.3) is 22.2 Å². The fourth-order valence-electron chi connectivity index (χ4n) is 5.54. The lowest BCUT2D eigenvalue weighted by Gasteiger charge is -2.23. The highest BCUT2D eigenvalue weighted by atomic mass is 19.4. The molecule has 2 N–H and O–H groups in total. The second kappa shape index (κ2) is 11.2. The number of nitrogens with zero attached hydrogens (tertiary/aromatic N) is 7. The molecule has 5 aromatic rings. The predicted molar refractivity (Wildman–Crippen MR) is 165 cm³/mol. The van der Waals surface area contributed by atoms with Gasteiger partial charge in [-0.3, -0.25) is 4.98 Å². The van der Waals surface area contributed by atoms with Crippen LogP contribution in [0.1, 0.15) is 67.6 Å². The van der Waals surface area contributed by atoms with E-state index in [4.69, 9.17) is 4.42 Å². The largest absolute Gasteiger partial charge is 0.444 e. The lowest BCUT2D eigenvalue weighted by molar-refractivity contribution is -0.182. The summed E-state index contributed by atoms with van der Waals surface area (Å²) >= 11 is 0. The number of halogens is 3. The van der Waals surface area contributed by atoms with Gasteiger partial charge < -0.3 is 15.1 Å². The van der Waals surface area contributed by atoms with Crippen LogP contribution < -0.4 is 10.6 Å². The van der Waals surface area contributed by atoms with Gasteiger partial charge >= 0.3 is 6.18 Å². The molecule has 10 nitrogen and oxygen atoms in total. The minimum Gasteiger partial charge on any atom is -0.444 e. The third-order valence-corrected chi connectivity index (χ3v) is 8.20. The number of alkyl halides is 3. The van der Waals surface area contributed by atoms with Crippen LogP contribution in [0, 0.1) is 35.0 Å². The molecule has 1 fully saturated rings. The van der Waals surface area contributed by atoms with E-state index in [1.165, 1.54) is 18.8 Å². The average molecular weight is 626 g/mol. The highest BCUT2D eigenvalue weighted by molar-refractivity contribution is 5.99. The molecular weight excluding hydrogens is 595 g/mol. The van der Waals surface area contributed by atoms with Crippen LogP contribution in [-0.4, -0.2) is 37.7 Å². The lowest BCUT2D eigenvalue weighted by Crippen LogP contribution is -2.35. The van der Waals surface area contributed by atoms with E-state index in [1.807, 2.05) is 25.1 Å². The molecular formula is C33H30F3N9O. The van der Waals surface area contributed by atoms with Crippen molar-refractivity contribution in [2.45, 2.75) is 58.3 Å². The van der Waals surface area contributed by atoms with Gasteiger partial charge in [0.2, 0.25) is 0 Å². The summed E-state index contributed by atoms with van der Waals surface area (Å²) in [5, 5.41) is 35.5. The minimum absolute atomic E-state index is 0.0772. The van der Waals surface area contributed by atoms with Gasteiger partial charge in [-0.2, -0.15) is 23.7 Å². The van der Waals surface area contributed by atoms with E-state index < -0.39 is 17.8 Å². The van der Waals surface area contributed by atoms with Crippen LogP contribution in [0.15, 0.2) is 59.7 Å². The summed E-state index contributed by atoms with van der Waals surface area (Å²) in [5.41, 5.74) is 2.28. The molecule has 1 atom stereocenters. The van der Waals surface area contributed by atoms with E-state index in [9.17, 15) is 23.7 Å². The van der Waals surface area contributed by atoms with Gasteiger partial charge in [0.25, 0.3) is 0 Å². The van der Waals surface area contributed by atoms with E-state index in [-0.39, 0.29) is 29.5 Å². The molecule has 13 heteroatoms. The number of hydrogen-bond donors (Lipinski definition) is 2. The van der Waals surface area contributed by atoms with Crippen LogP contribution in [0.3, 0.4) is 0 Å². The molecule has 46 heavy (non-hydrogen) atoms. The highest BCUT2D eigenvalue weighted by Crippen LogP contribution is 2.55. The number of aromatic nitrogens is 5. The maximum absolute atomic E-state index is 14.0. The van der Waals surface area contributed by atoms with E-state index in [0.717, 1.165) is 15.8 Å². The SMILES string of the molecule is Cc1c(-c2cnco2)cccc1[C@H](Nc1cc(C#N)c2ncc(C#N)c(NCC(C)(C)C)c2c1)c1cn(C2(C(F)(F)F)CC2)nn1. The second-order valence-corrected chi connectivity index (χ2v) is 12.7. The standard InChI is InChI=1S/C33H30F3N9O/c1-19-23(27-15-39-18-46-27)6-5-7-24(19)30(26-16-45(44-43-26)32(8-9-32)33(34,35)36)42-22-10-20(12-37)28-25(11-22)29(21(13-38)14-40-28)41-17-31(2,3)4/h5-7,10-11,14-16,18,30,42H,8-9,17H2,1-4H3,(H,40,41)/t30-/m0/s1. The van der Waals surface area contributed by atoms with Gasteiger partial charge in [-0.25, -0.2) is 9.67 Å². The van der Waals surface area contributed by atoms with Gasteiger partial charge in [0.05, 0.1) is 40.8 Å². The van der Waals surface area contributed by atoms with Crippen molar-refractivity contribution in [2.75, 3.05) is 17.2 Å². The zero-order chi connectivity index (χ0) is 32.9. The van der Waals surface area contributed by atoms with Crippen LogP contribution >= 0.6 is 0 Å². The Bertz CT molecular complexity index is 2010. The highest BCUT2D eigenvalue weighted by Gasteiger charge is 2.66. The summed E-state index contributed by atoms with van der Waals surface area (Å²) in [4.78, 5) is 8.44. The van der Waals surface area contributed by atoms with Crippen LogP contribution in [0.4, 0.5) is 24.5 Å². The van der Waals surface area contributed by atoms with Gasteiger partial charge in [0.1, 0.15) is 17.8 Å². The molecule has 6 rings (SSSR count). The molecule has 0 saturated heterocycles. The first kappa shape index (κ1) is 30.6. The van der Waals surface area contributed by atoms with Crippen molar-refractivity contribution in [1.29, 1.82) is 10.5 Å². The van der Waals surface area contributed by atoms with Crippen molar-refractivity contribution in [3.8, 4) is 23.5 Å². The average Bonchev–Trinajstić information content (AvgIpc) is 3.41. The number of pyridine rings is 1. The Morgan fingerprint density at radius 1 is 1.09 bits per heavy atom. The Labute approximate surface area is 262 Å². The Morgan fingerprint density at radius 2 is 1.85 bits per heavy atom. The van der Waals surface area contributed by atoms with Gasteiger partial charge in [0.15, 0.2) is 17.7 Å². The third kappa shape index (κ3) is 5.49. The van der Waals surface area contributed by atoms with Crippen molar-refractivity contribution < 1.29 is 17.6 Å². The topological polar surface area (TPSA) is 141 Å². The molecule has 0 spiro atoms. The maximum atomic E-state index is 14.0. The molecule has 3 aromatic heterocycles. The number of anilines is 2. The third-order valence-electron chi connectivity index (χ3n) is 8.20. The summed E-state index contributed by atoms with van der Waals surface area (Å²) in [6, 6.07) is 12.5. The Morgan fingerprint density at radius 3 is 2.48 bits per heavy atom. The zero-order valence-corrected chi connectivity index (χ0v) is 25.6. The van der Waals surface area contributed by atoms with Crippen molar-refractivity contribution in [2.24, 2.45) is 5.41 Å². The molecule has 234 valence electrons. The van der Waals surface area contributed by atoms with Gasteiger partial charge in [0, 0.05) is 29.4 Å². The molecule has 0 unspecified atom stereocenters. The van der Waals surface area contributed by atoms with E-state index >= 15 is 0 Å². The quantitative estimate of drug-likeness (QED) is 0.182. The summed E-state index contributed by atoms with van der Waals surface area (Å²) in [6.07, 6.45) is 1.04. The van der Waals surface area contributed by atoms with Gasteiger partial charge in [-0.05, 0) is 48.4 Å². The molecule has 1 saturated carbocycles. The molecule has 2 aromatic carbocycles. The second-order valence-electron chi connectivity index (χ2n) is 12.7. The first-order valence-electron chi connectivity index (χ1n) is 14.6. The number of benzene rings is 2. The fourth-order valence-corrected chi connectivity index (χ4v) is 5.54. The molecule has 0 amide bonds. The maximum Gasteiger partial charge on any atom is 0.413 e. The number of hydrogen-bond acceptors (Lipinski definition) is 9. The number of nitriles is 2. The number of rotatable bonds is 8. The summed E-state index contributed by atoms with van der Waals surface area (Å²) in [5.74, 6) is 0.526. The summed E-state index contributed by atoms with van der Waals surface area (Å²) in [6.45, 7) is 8.59. The summed E-state index contributed by atoms with van der Waals surface area (Å²) in [7, 11) is 0. The normalized spacial score (nSPS) is 14.8. The minimum atomic E-state index is -4.48. The Balaban J connectivity index is 1.50. The van der Waals surface area contributed by atoms with Crippen molar-refractivity contribution in [3.63, 3.8) is 0 Å². The number of fused-ring (bicyclic) bond motifs is 1. The Kier molecular flexibility index (Phi) is 7.43. The molecule has 1 aliphatic carbocycles. The molecule has 0 aliphatic heterocycles. The predicted octanol–water partition coefficient (Wildman–Crippen LogP) is 7.24. The lowest BCUT2D eigenvalue weighted by atomic mass is 9.93. The molecule has 3 heterocycles. The van der Waals surface area contributed by atoms with Crippen molar-refractivity contribution >= 4 is 22.3 Å².